The summed E-state index contributed by atoms with van der Waals surface area (Å²) in [6.45, 7) is 3.90. The Morgan fingerprint density at radius 2 is 1.62 bits per heavy atom. The van der Waals surface area contributed by atoms with Crippen LogP contribution in [0.4, 0.5) is 10.5 Å². The van der Waals surface area contributed by atoms with E-state index in [1.807, 2.05) is 80.6 Å². The summed E-state index contributed by atoms with van der Waals surface area (Å²) in [5.74, 6) is 0. The number of nitrogens with one attached hydrogen (secondary N) is 2. The van der Waals surface area contributed by atoms with Gasteiger partial charge in [0, 0.05) is 5.39 Å². The summed E-state index contributed by atoms with van der Waals surface area (Å²) in [5, 5.41) is 9.07. The summed E-state index contributed by atoms with van der Waals surface area (Å²) >= 11 is 0. The maximum atomic E-state index is 12.1. The highest BCUT2D eigenvalue weighted by Gasteiger charge is 2.05. The van der Waals surface area contributed by atoms with Gasteiger partial charge in [0.05, 0.1) is 11.4 Å². The van der Waals surface area contributed by atoms with Gasteiger partial charge < -0.3 is 5.32 Å². The first-order valence-corrected chi connectivity index (χ1v) is 7.79. The Hall–Kier alpha value is -3.14. The molecule has 0 radical (unpaired) electrons. The minimum Gasteiger partial charge on any atom is -0.306 e. The fourth-order valence-electron chi connectivity index (χ4n) is 2.48. The maximum Gasteiger partial charge on any atom is 0.339 e. The molecule has 3 rings (SSSR count). The second-order valence-corrected chi connectivity index (χ2v) is 5.66. The van der Waals surface area contributed by atoms with Crippen molar-refractivity contribution in [1.29, 1.82) is 0 Å². The third kappa shape index (κ3) is 3.60. The van der Waals surface area contributed by atoms with Gasteiger partial charge in [-0.3, -0.25) is 0 Å². The van der Waals surface area contributed by atoms with Crippen LogP contribution < -0.4 is 10.7 Å². The van der Waals surface area contributed by atoms with Crippen molar-refractivity contribution in [1.82, 2.24) is 5.43 Å². The van der Waals surface area contributed by atoms with E-state index in [0.717, 1.165) is 27.7 Å². The fraction of sp³-hybridized carbons (Fsp3) is 0.100. The summed E-state index contributed by atoms with van der Waals surface area (Å²) in [7, 11) is 0. The van der Waals surface area contributed by atoms with E-state index < -0.39 is 0 Å². The Morgan fingerprint density at radius 1 is 0.917 bits per heavy atom. The Morgan fingerprint density at radius 3 is 2.42 bits per heavy atom. The van der Waals surface area contributed by atoms with Crippen LogP contribution in [0.1, 0.15) is 18.1 Å². The molecule has 120 valence electrons. The van der Waals surface area contributed by atoms with Crippen LogP contribution in [0.25, 0.3) is 10.8 Å². The average Bonchev–Trinajstić information content (AvgIpc) is 2.61. The zero-order chi connectivity index (χ0) is 16.9. The lowest BCUT2D eigenvalue weighted by atomic mass is 10.1. The zero-order valence-electron chi connectivity index (χ0n) is 13.7. The molecule has 2 amide bonds. The first-order valence-electron chi connectivity index (χ1n) is 7.79. The lowest BCUT2D eigenvalue weighted by Crippen LogP contribution is -2.25. The molecule has 3 aromatic carbocycles. The highest BCUT2D eigenvalue weighted by atomic mass is 16.2. The van der Waals surface area contributed by atoms with E-state index in [0.29, 0.717) is 0 Å². The lowest BCUT2D eigenvalue weighted by Gasteiger charge is -2.08. The molecule has 0 fully saturated rings. The number of urea groups is 1. The SMILES string of the molecule is C/C(=N\NC(=O)Nc1cccc2ccccc12)c1ccc(C)cc1. The third-order valence-corrected chi connectivity index (χ3v) is 3.83. The number of hydrogen-bond acceptors (Lipinski definition) is 2. The number of amides is 2. The number of hydrazone groups is 1. The van der Waals surface area contributed by atoms with Crippen LogP contribution >= 0.6 is 0 Å². The lowest BCUT2D eigenvalue weighted by molar-refractivity contribution is 0.252. The van der Waals surface area contributed by atoms with Gasteiger partial charge in [-0.05, 0) is 30.9 Å². The molecule has 4 heteroatoms. The molecule has 0 aliphatic carbocycles. The number of carbonyl (C=O) groups is 1. The van der Waals surface area contributed by atoms with E-state index >= 15 is 0 Å². The zero-order valence-corrected chi connectivity index (χ0v) is 13.7. The number of rotatable bonds is 3. The largest absolute Gasteiger partial charge is 0.339 e. The molecule has 0 bridgehead atoms. The molecule has 0 atom stereocenters. The molecule has 3 aromatic rings. The van der Waals surface area contributed by atoms with Gasteiger partial charge in [-0.25, -0.2) is 10.2 Å². The third-order valence-electron chi connectivity index (χ3n) is 3.83. The summed E-state index contributed by atoms with van der Waals surface area (Å²) < 4.78 is 0. The normalized spacial score (nSPS) is 11.3. The van der Waals surface area contributed by atoms with Crippen molar-refractivity contribution in [3.63, 3.8) is 0 Å². The number of anilines is 1. The van der Waals surface area contributed by atoms with Gasteiger partial charge in [0.2, 0.25) is 0 Å². The van der Waals surface area contributed by atoms with Gasteiger partial charge in [0.25, 0.3) is 0 Å². The second-order valence-electron chi connectivity index (χ2n) is 5.66. The standard InChI is InChI=1S/C20H19N3O/c1-14-10-12-16(13-11-14)15(2)22-23-20(24)21-19-9-5-7-17-6-3-4-8-18(17)19/h3-13H,1-2H3,(H2,21,23,24)/b22-15+. The Kier molecular flexibility index (Phi) is 4.57. The van der Waals surface area contributed by atoms with Crippen LogP contribution in [-0.4, -0.2) is 11.7 Å². The highest BCUT2D eigenvalue weighted by Crippen LogP contribution is 2.22. The minimum absolute atomic E-state index is 0.363. The predicted molar refractivity (Wildman–Crippen MR) is 99.5 cm³/mol. The molecule has 4 nitrogen and oxygen atoms in total. The molecular formula is C20H19N3O. The average molecular weight is 317 g/mol. The summed E-state index contributed by atoms with van der Waals surface area (Å²) in [6.07, 6.45) is 0. The summed E-state index contributed by atoms with van der Waals surface area (Å²) in [6, 6.07) is 21.4. The van der Waals surface area contributed by atoms with Crippen LogP contribution in [0.15, 0.2) is 71.8 Å². The quantitative estimate of drug-likeness (QED) is 0.534. The predicted octanol–water partition coefficient (Wildman–Crippen LogP) is 4.69. The number of benzene rings is 3. The van der Waals surface area contributed by atoms with Crippen LogP contribution in [-0.2, 0) is 0 Å². The summed E-state index contributed by atoms with van der Waals surface area (Å²) in [4.78, 5) is 12.1. The van der Waals surface area contributed by atoms with Gasteiger partial charge in [0.1, 0.15) is 0 Å². The minimum atomic E-state index is -0.363. The molecule has 24 heavy (non-hydrogen) atoms. The number of hydrogen-bond donors (Lipinski definition) is 2. The van der Waals surface area contributed by atoms with Crippen molar-refractivity contribution in [3.05, 3.63) is 77.9 Å². The molecule has 2 N–H and O–H groups in total. The monoisotopic (exact) mass is 317 g/mol. The Labute approximate surface area is 141 Å². The summed E-state index contributed by atoms with van der Waals surface area (Å²) in [5.41, 5.74) is 6.22. The van der Waals surface area contributed by atoms with Gasteiger partial charge >= 0.3 is 6.03 Å². The van der Waals surface area contributed by atoms with Crippen molar-refractivity contribution < 1.29 is 4.79 Å². The van der Waals surface area contributed by atoms with E-state index in [-0.39, 0.29) is 6.03 Å². The highest BCUT2D eigenvalue weighted by molar-refractivity contribution is 6.03. The molecule has 0 aromatic heterocycles. The van der Waals surface area contributed by atoms with Crippen LogP contribution in [0.5, 0.6) is 0 Å². The van der Waals surface area contributed by atoms with Crippen LogP contribution in [0, 0.1) is 6.92 Å². The van der Waals surface area contributed by atoms with Crippen molar-refractivity contribution >= 4 is 28.2 Å². The van der Waals surface area contributed by atoms with E-state index in [1.54, 1.807) is 0 Å². The van der Waals surface area contributed by atoms with Crippen molar-refractivity contribution in [2.75, 3.05) is 5.32 Å². The van der Waals surface area contributed by atoms with Crippen LogP contribution in [0.2, 0.25) is 0 Å². The van der Waals surface area contributed by atoms with Gasteiger partial charge in [-0.15, -0.1) is 0 Å². The number of aryl methyl sites for hydroxylation is 1. The first kappa shape index (κ1) is 15.7. The van der Waals surface area contributed by atoms with Crippen molar-refractivity contribution in [3.8, 4) is 0 Å². The Balaban J connectivity index is 1.71. The molecule has 0 spiro atoms. The first-order chi connectivity index (χ1) is 11.6. The Bertz CT molecular complexity index is 893. The smallest absolute Gasteiger partial charge is 0.306 e. The van der Waals surface area contributed by atoms with E-state index in [2.05, 4.69) is 15.8 Å². The van der Waals surface area contributed by atoms with Crippen LogP contribution in [0.3, 0.4) is 0 Å². The number of fused-ring (bicyclic) bond motifs is 1. The molecule has 0 aliphatic rings. The van der Waals surface area contributed by atoms with Crippen molar-refractivity contribution in [2.45, 2.75) is 13.8 Å². The van der Waals surface area contributed by atoms with E-state index in [9.17, 15) is 4.79 Å². The number of nitrogens with zero attached hydrogens (tertiary/aromatic N) is 1. The van der Waals surface area contributed by atoms with E-state index in [4.69, 9.17) is 0 Å². The van der Waals surface area contributed by atoms with Gasteiger partial charge in [-0.1, -0.05) is 66.2 Å². The molecule has 0 saturated heterocycles. The fourth-order valence-corrected chi connectivity index (χ4v) is 2.48. The molecule has 0 saturated carbocycles. The second kappa shape index (κ2) is 6.96. The topological polar surface area (TPSA) is 53.5 Å². The molecule has 0 heterocycles. The molecule has 0 unspecified atom stereocenters. The molecule has 0 aliphatic heterocycles. The van der Waals surface area contributed by atoms with E-state index in [1.165, 1.54) is 5.56 Å². The van der Waals surface area contributed by atoms with Gasteiger partial charge in [0.15, 0.2) is 0 Å². The number of carbonyl (C=O) groups excluding carboxylic acids is 1. The molecular weight excluding hydrogens is 298 g/mol. The maximum absolute atomic E-state index is 12.1. The van der Waals surface area contributed by atoms with Gasteiger partial charge in [-0.2, -0.15) is 5.10 Å². The van der Waals surface area contributed by atoms with Crippen molar-refractivity contribution in [2.24, 2.45) is 5.10 Å².